The second kappa shape index (κ2) is 5.41. The summed E-state index contributed by atoms with van der Waals surface area (Å²) in [5.74, 6) is 0.564. The van der Waals surface area contributed by atoms with Crippen molar-refractivity contribution in [3.8, 4) is 11.5 Å². The van der Waals surface area contributed by atoms with Gasteiger partial charge in [-0.3, -0.25) is 0 Å². The molecule has 1 aromatic rings. The van der Waals surface area contributed by atoms with Crippen LogP contribution >= 0.6 is 0 Å². The lowest BCUT2D eigenvalue weighted by Gasteiger charge is -2.05. The maximum atomic E-state index is 9.53. The fourth-order valence-corrected chi connectivity index (χ4v) is 1.29. The Bertz CT molecular complexity index is 350. The Morgan fingerprint density at radius 3 is 2.67 bits per heavy atom. The molecule has 82 valence electrons. The number of rotatable bonds is 4. The summed E-state index contributed by atoms with van der Waals surface area (Å²) in [7, 11) is 1.51. The van der Waals surface area contributed by atoms with Gasteiger partial charge in [0, 0.05) is 0 Å². The SMILES string of the molecule is CCC(=Cc1ccc(OC)c(O)c1)CO. The Labute approximate surface area is 89.6 Å². The molecule has 0 aliphatic carbocycles. The van der Waals surface area contributed by atoms with E-state index in [2.05, 4.69) is 0 Å². The zero-order valence-corrected chi connectivity index (χ0v) is 9.03. The minimum Gasteiger partial charge on any atom is -0.504 e. The van der Waals surface area contributed by atoms with E-state index < -0.39 is 0 Å². The molecule has 0 aromatic heterocycles. The standard InChI is InChI=1S/C12H16O3/c1-3-9(8-13)6-10-4-5-12(15-2)11(14)7-10/h4-7,13-14H,3,8H2,1-2H3. The van der Waals surface area contributed by atoms with Crippen LogP contribution in [0.4, 0.5) is 0 Å². The van der Waals surface area contributed by atoms with Crippen LogP contribution in [0.5, 0.6) is 11.5 Å². The molecule has 0 amide bonds. The Morgan fingerprint density at radius 2 is 2.20 bits per heavy atom. The van der Waals surface area contributed by atoms with Crippen LogP contribution in [0.3, 0.4) is 0 Å². The zero-order chi connectivity index (χ0) is 11.3. The average Bonchev–Trinajstić information content (AvgIpc) is 2.26. The summed E-state index contributed by atoms with van der Waals surface area (Å²) in [6.07, 6.45) is 2.66. The van der Waals surface area contributed by atoms with Gasteiger partial charge in [0.15, 0.2) is 11.5 Å². The molecule has 0 saturated heterocycles. The van der Waals surface area contributed by atoms with Crippen molar-refractivity contribution in [2.75, 3.05) is 13.7 Å². The highest BCUT2D eigenvalue weighted by Gasteiger charge is 2.01. The first-order valence-corrected chi connectivity index (χ1v) is 4.88. The Balaban J connectivity index is 2.97. The van der Waals surface area contributed by atoms with Gasteiger partial charge in [-0.2, -0.15) is 0 Å². The molecule has 0 aliphatic heterocycles. The number of phenolic OH excluding ortho intramolecular Hbond substituents is 1. The normalized spacial score (nSPS) is 11.5. The summed E-state index contributed by atoms with van der Waals surface area (Å²) in [4.78, 5) is 0. The summed E-state index contributed by atoms with van der Waals surface area (Å²) < 4.78 is 4.94. The third-order valence-electron chi connectivity index (χ3n) is 2.23. The van der Waals surface area contributed by atoms with Crippen LogP contribution in [0.15, 0.2) is 23.8 Å². The molecule has 0 atom stereocenters. The lowest BCUT2D eigenvalue weighted by molar-refractivity contribution is 0.329. The van der Waals surface area contributed by atoms with Crippen molar-refractivity contribution in [1.82, 2.24) is 0 Å². The van der Waals surface area contributed by atoms with Gasteiger partial charge in [0.25, 0.3) is 0 Å². The molecule has 0 saturated carbocycles. The number of hydrogen-bond donors (Lipinski definition) is 2. The highest BCUT2D eigenvalue weighted by molar-refractivity contribution is 5.57. The average molecular weight is 208 g/mol. The number of benzene rings is 1. The van der Waals surface area contributed by atoms with Crippen molar-refractivity contribution >= 4 is 6.08 Å². The van der Waals surface area contributed by atoms with Crippen LogP contribution in [-0.2, 0) is 0 Å². The number of ether oxygens (including phenoxy) is 1. The van der Waals surface area contributed by atoms with Crippen molar-refractivity contribution in [3.63, 3.8) is 0 Å². The first kappa shape index (κ1) is 11.6. The van der Waals surface area contributed by atoms with E-state index in [4.69, 9.17) is 9.84 Å². The number of methoxy groups -OCH3 is 1. The predicted molar refractivity (Wildman–Crippen MR) is 60.0 cm³/mol. The maximum Gasteiger partial charge on any atom is 0.160 e. The minimum atomic E-state index is 0.0449. The molecule has 3 nitrogen and oxygen atoms in total. The fraction of sp³-hybridized carbons (Fsp3) is 0.333. The Morgan fingerprint density at radius 1 is 1.47 bits per heavy atom. The second-order valence-electron chi connectivity index (χ2n) is 3.25. The van der Waals surface area contributed by atoms with E-state index in [1.165, 1.54) is 7.11 Å². The third-order valence-corrected chi connectivity index (χ3v) is 2.23. The van der Waals surface area contributed by atoms with Crippen molar-refractivity contribution in [3.05, 3.63) is 29.3 Å². The van der Waals surface area contributed by atoms with Crippen molar-refractivity contribution in [2.45, 2.75) is 13.3 Å². The van der Waals surface area contributed by atoms with Crippen LogP contribution in [0, 0.1) is 0 Å². The monoisotopic (exact) mass is 208 g/mol. The van der Waals surface area contributed by atoms with Crippen LogP contribution in [0.25, 0.3) is 6.08 Å². The van der Waals surface area contributed by atoms with Gasteiger partial charge in [-0.15, -0.1) is 0 Å². The molecule has 0 spiro atoms. The predicted octanol–water partition coefficient (Wildman–Crippen LogP) is 2.19. The number of aromatic hydroxyl groups is 1. The largest absolute Gasteiger partial charge is 0.504 e. The summed E-state index contributed by atoms with van der Waals surface area (Å²) in [6, 6.07) is 5.15. The van der Waals surface area contributed by atoms with Crippen molar-refractivity contribution in [2.24, 2.45) is 0 Å². The van der Waals surface area contributed by atoms with Gasteiger partial charge in [0.1, 0.15) is 0 Å². The van der Waals surface area contributed by atoms with Crippen molar-refractivity contribution < 1.29 is 14.9 Å². The molecule has 1 aromatic carbocycles. The number of hydrogen-bond acceptors (Lipinski definition) is 3. The van der Waals surface area contributed by atoms with Crippen LogP contribution in [0.1, 0.15) is 18.9 Å². The first-order chi connectivity index (χ1) is 7.21. The molecule has 0 fully saturated rings. The summed E-state index contributed by atoms with van der Waals surface area (Å²) in [5.41, 5.74) is 1.79. The molecule has 1 rings (SSSR count). The van der Waals surface area contributed by atoms with E-state index in [-0.39, 0.29) is 12.4 Å². The highest BCUT2D eigenvalue weighted by Crippen LogP contribution is 2.27. The summed E-state index contributed by atoms with van der Waals surface area (Å²) >= 11 is 0. The molecule has 0 bridgehead atoms. The third kappa shape index (κ3) is 2.99. The van der Waals surface area contributed by atoms with Gasteiger partial charge >= 0.3 is 0 Å². The van der Waals surface area contributed by atoms with E-state index >= 15 is 0 Å². The van der Waals surface area contributed by atoms with Crippen LogP contribution in [0.2, 0.25) is 0 Å². The zero-order valence-electron chi connectivity index (χ0n) is 9.03. The highest BCUT2D eigenvalue weighted by atomic mass is 16.5. The van der Waals surface area contributed by atoms with Crippen LogP contribution < -0.4 is 4.74 Å². The molecule has 0 radical (unpaired) electrons. The van der Waals surface area contributed by atoms with Gasteiger partial charge < -0.3 is 14.9 Å². The smallest absolute Gasteiger partial charge is 0.160 e. The topological polar surface area (TPSA) is 49.7 Å². The van der Waals surface area contributed by atoms with E-state index in [0.29, 0.717) is 5.75 Å². The molecule has 3 heteroatoms. The van der Waals surface area contributed by atoms with Gasteiger partial charge in [-0.05, 0) is 29.7 Å². The molecule has 0 aliphatic rings. The van der Waals surface area contributed by atoms with Crippen LogP contribution in [-0.4, -0.2) is 23.9 Å². The number of aliphatic hydroxyl groups is 1. The van der Waals surface area contributed by atoms with Gasteiger partial charge in [-0.1, -0.05) is 19.1 Å². The van der Waals surface area contributed by atoms with Gasteiger partial charge in [0.05, 0.1) is 13.7 Å². The fourth-order valence-electron chi connectivity index (χ4n) is 1.29. The van der Waals surface area contributed by atoms with Gasteiger partial charge in [0.2, 0.25) is 0 Å². The van der Waals surface area contributed by atoms with Crippen molar-refractivity contribution in [1.29, 1.82) is 0 Å². The van der Waals surface area contributed by atoms with E-state index in [0.717, 1.165) is 17.6 Å². The molecular formula is C12H16O3. The van der Waals surface area contributed by atoms with Gasteiger partial charge in [-0.25, -0.2) is 0 Å². The minimum absolute atomic E-state index is 0.0449. The van der Waals surface area contributed by atoms with E-state index in [9.17, 15) is 5.11 Å². The summed E-state index contributed by atoms with van der Waals surface area (Å²) in [6.45, 7) is 2.02. The quantitative estimate of drug-likeness (QED) is 0.797. The molecule has 0 unspecified atom stereocenters. The maximum absolute atomic E-state index is 9.53. The molecule has 15 heavy (non-hydrogen) atoms. The van der Waals surface area contributed by atoms with E-state index in [1.807, 2.05) is 19.1 Å². The lowest BCUT2D eigenvalue weighted by atomic mass is 10.1. The first-order valence-electron chi connectivity index (χ1n) is 4.88. The second-order valence-corrected chi connectivity index (χ2v) is 3.25. The number of phenols is 1. The summed E-state index contributed by atoms with van der Waals surface area (Å²) in [5, 5.41) is 18.5. The van der Waals surface area contributed by atoms with E-state index in [1.54, 1.807) is 12.1 Å². The Kier molecular flexibility index (Phi) is 4.18. The Hall–Kier alpha value is -1.48. The molecule has 0 heterocycles. The molecular weight excluding hydrogens is 192 g/mol. The lowest BCUT2D eigenvalue weighted by Crippen LogP contribution is -1.88. The molecule has 2 N–H and O–H groups in total. The number of aliphatic hydroxyl groups excluding tert-OH is 1.